The molecular formula is C18H19ClFNO2S. The molecule has 0 atom stereocenters. The summed E-state index contributed by atoms with van der Waals surface area (Å²) in [5.41, 5.74) is -0.00943. The molecule has 0 bridgehead atoms. The molecule has 1 amide bonds. The second-order valence-corrected chi connectivity index (χ2v) is 7.36. The highest BCUT2D eigenvalue weighted by Gasteiger charge is 2.26. The van der Waals surface area contributed by atoms with Crippen LogP contribution in [0.15, 0.2) is 41.0 Å². The Morgan fingerprint density at radius 2 is 2.08 bits per heavy atom. The minimum Gasteiger partial charge on any atom is -0.468 e. The fourth-order valence-electron chi connectivity index (χ4n) is 2.88. The highest BCUT2D eigenvalue weighted by atomic mass is 35.5. The number of likely N-dealkylation sites (tertiary alicyclic amines) is 1. The number of rotatable bonds is 5. The van der Waals surface area contributed by atoms with Gasteiger partial charge in [-0.25, -0.2) is 4.39 Å². The van der Waals surface area contributed by atoms with E-state index in [1.54, 1.807) is 17.2 Å². The van der Waals surface area contributed by atoms with E-state index in [1.165, 1.54) is 12.1 Å². The Bertz CT molecular complexity index is 664. The summed E-state index contributed by atoms with van der Waals surface area (Å²) >= 11 is 7.84. The van der Waals surface area contributed by atoms with Gasteiger partial charge < -0.3 is 9.32 Å². The first-order valence-electron chi connectivity index (χ1n) is 7.98. The van der Waals surface area contributed by atoms with Gasteiger partial charge in [-0.3, -0.25) is 4.79 Å². The molecule has 6 heteroatoms. The van der Waals surface area contributed by atoms with Crippen LogP contribution in [0.1, 0.15) is 29.0 Å². The summed E-state index contributed by atoms with van der Waals surface area (Å²) < 4.78 is 19.2. The molecule has 24 heavy (non-hydrogen) atoms. The second-order valence-electron chi connectivity index (χ2n) is 5.93. The number of amides is 1. The quantitative estimate of drug-likeness (QED) is 0.756. The van der Waals surface area contributed by atoms with Gasteiger partial charge in [-0.15, -0.1) is 0 Å². The lowest BCUT2D eigenvalue weighted by atomic mass is 9.98. The fraction of sp³-hybridized carbons (Fsp3) is 0.389. The van der Waals surface area contributed by atoms with Crippen LogP contribution in [0.4, 0.5) is 4.39 Å². The van der Waals surface area contributed by atoms with Gasteiger partial charge >= 0.3 is 0 Å². The maximum atomic E-state index is 13.9. The molecule has 1 aliphatic rings. The largest absolute Gasteiger partial charge is 0.468 e. The van der Waals surface area contributed by atoms with Crippen LogP contribution >= 0.6 is 23.4 Å². The topological polar surface area (TPSA) is 33.5 Å². The summed E-state index contributed by atoms with van der Waals surface area (Å²) in [6.45, 7) is 1.30. The number of hydrogen-bond donors (Lipinski definition) is 0. The van der Waals surface area contributed by atoms with Gasteiger partial charge in [-0.05, 0) is 48.8 Å². The third kappa shape index (κ3) is 4.14. The Kier molecular flexibility index (Phi) is 5.85. The van der Waals surface area contributed by atoms with E-state index < -0.39 is 5.82 Å². The molecule has 3 rings (SSSR count). The van der Waals surface area contributed by atoms with Gasteiger partial charge in [0.05, 0.1) is 22.6 Å². The molecule has 2 heterocycles. The van der Waals surface area contributed by atoms with E-state index in [0.717, 1.165) is 30.1 Å². The number of carbonyl (C=O) groups is 1. The van der Waals surface area contributed by atoms with Crippen molar-refractivity contribution in [1.82, 2.24) is 4.90 Å². The Morgan fingerprint density at radius 3 is 2.75 bits per heavy atom. The zero-order chi connectivity index (χ0) is 16.9. The van der Waals surface area contributed by atoms with Crippen molar-refractivity contribution < 1.29 is 13.6 Å². The first kappa shape index (κ1) is 17.4. The van der Waals surface area contributed by atoms with Gasteiger partial charge in [0.25, 0.3) is 5.91 Å². The van der Waals surface area contributed by atoms with Crippen molar-refractivity contribution in [3.05, 3.63) is 58.8 Å². The predicted octanol–water partition coefficient (Wildman–Crippen LogP) is 4.86. The van der Waals surface area contributed by atoms with E-state index >= 15 is 0 Å². The van der Waals surface area contributed by atoms with Gasteiger partial charge in [0.2, 0.25) is 0 Å². The highest BCUT2D eigenvalue weighted by Crippen LogP contribution is 2.27. The Labute approximate surface area is 150 Å². The molecule has 2 aromatic rings. The molecule has 1 aliphatic heterocycles. The van der Waals surface area contributed by atoms with Crippen molar-refractivity contribution in [2.75, 3.05) is 18.8 Å². The van der Waals surface area contributed by atoms with E-state index in [9.17, 15) is 9.18 Å². The van der Waals surface area contributed by atoms with Crippen LogP contribution in [-0.2, 0) is 5.75 Å². The summed E-state index contributed by atoms with van der Waals surface area (Å²) in [7, 11) is 0. The number of halogens is 2. The summed E-state index contributed by atoms with van der Waals surface area (Å²) in [6.07, 6.45) is 3.56. The van der Waals surface area contributed by atoms with Crippen LogP contribution in [-0.4, -0.2) is 29.6 Å². The van der Waals surface area contributed by atoms with Crippen LogP contribution in [0.3, 0.4) is 0 Å². The number of benzene rings is 1. The molecule has 0 saturated carbocycles. The maximum Gasteiger partial charge on any atom is 0.258 e. The lowest BCUT2D eigenvalue weighted by Gasteiger charge is -2.32. The first-order valence-corrected chi connectivity index (χ1v) is 9.52. The number of nitrogens with zero attached hydrogens (tertiary/aromatic N) is 1. The standard InChI is InChI=1S/C18H19ClFNO2S/c19-15-4-1-5-16(20)17(15)18(22)21-8-6-13(7-9-21)11-24-12-14-3-2-10-23-14/h1-5,10,13H,6-9,11-12H2. The van der Waals surface area contributed by atoms with Crippen molar-refractivity contribution in [2.24, 2.45) is 5.92 Å². The Balaban J connectivity index is 1.49. The van der Waals surface area contributed by atoms with Gasteiger partial charge in [0.1, 0.15) is 11.6 Å². The van der Waals surface area contributed by atoms with E-state index in [-0.39, 0.29) is 16.5 Å². The summed E-state index contributed by atoms with van der Waals surface area (Å²) in [5, 5.41) is 0.177. The zero-order valence-electron chi connectivity index (χ0n) is 13.2. The van der Waals surface area contributed by atoms with Crippen LogP contribution < -0.4 is 0 Å². The molecular weight excluding hydrogens is 349 g/mol. The third-order valence-corrected chi connectivity index (χ3v) is 5.77. The average Bonchev–Trinajstić information content (AvgIpc) is 3.08. The zero-order valence-corrected chi connectivity index (χ0v) is 14.8. The minimum absolute atomic E-state index is 0.00943. The lowest BCUT2D eigenvalue weighted by molar-refractivity contribution is 0.0694. The average molecular weight is 368 g/mol. The number of carbonyl (C=O) groups excluding carboxylic acids is 1. The van der Waals surface area contributed by atoms with Gasteiger partial charge in [0.15, 0.2) is 0 Å². The van der Waals surface area contributed by atoms with Gasteiger partial charge in [0, 0.05) is 13.1 Å². The molecule has 128 valence electrons. The molecule has 0 N–H and O–H groups in total. The number of piperidine rings is 1. The number of thioether (sulfide) groups is 1. The van der Waals surface area contributed by atoms with E-state index in [0.29, 0.717) is 19.0 Å². The van der Waals surface area contributed by atoms with Gasteiger partial charge in [-0.1, -0.05) is 17.7 Å². The minimum atomic E-state index is -0.552. The summed E-state index contributed by atoms with van der Waals surface area (Å²) in [5.74, 6) is 2.62. The first-order chi connectivity index (χ1) is 11.6. The van der Waals surface area contributed by atoms with Crippen LogP contribution in [0.5, 0.6) is 0 Å². The second kappa shape index (κ2) is 8.08. The van der Waals surface area contributed by atoms with Crippen LogP contribution in [0, 0.1) is 11.7 Å². The van der Waals surface area contributed by atoms with Crippen LogP contribution in [0.2, 0.25) is 5.02 Å². The van der Waals surface area contributed by atoms with Crippen molar-refractivity contribution >= 4 is 29.3 Å². The predicted molar refractivity (Wildman–Crippen MR) is 94.9 cm³/mol. The molecule has 1 fully saturated rings. The Morgan fingerprint density at radius 1 is 1.29 bits per heavy atom. The summed E-state index contributed by atoms with van der Waals surface area (Å²) in [4.78, 5) is 14.2. The third-order valence-electron chi connectivity index (χ3n) is 4.26. The molecule has 0 spiro atoms. The molecule has 3 nitrogen and oxygen atoms in total. The molecule has 0 radical (unpaired) electrons. The van der Waals surface area contributed by atoms with Crippen molar-refractivity contribution in [2.45, 2.75) is 18.6 Å². The van der Waals surface area contributed by atoms with E-state index in [2.05, 4.69) is 0 Å². The highest BCUT2D eigenvalue weighted by molar-refractivity contribution is 7.98. The fourth-order valence-corrected chi connectivity index (χ4v) is 4.28. The number of furan rings is 1. The van der Waals surface area contributed by atoms with Crippen molar-refractivity contribution in [3.63, 3.8) is 0 Å². The molecule has 1 aromatic carbocycles. The normalized spacial score (nSPS) is 15.7. The monoisotopic (exact) mass is 367 g/mol. The van der Waals surface area contributed by atoms with E-state index in [4.69, 9.17) is 16.0 Å². The van der Waals surface area contributed by atoms with Crippen LogP contribution in [0.25, 0.3) is 0 Å². The smallest absolute Gasteiger partial charge is 0.258 e. The SMILES string of the molecule is O=C(c1c(F)cccc1Cl)N1CCC(CSCc2ccco2)CC1. The van der Waals surface area contributed by atoms with E-state index in [1.807, 2.05) is 23.9 Å². The Hall–Kier alpha value is -1.46. The molecule has 1 saturated heterocycles. The van der Waals surface area contributed by atoms with Crippen molar-refractivity contribution in [3.8, 4) is 0 Å². The molecule has 0 unspecified atom stereocenters. The summed E-state index contributed by atoms with van der Waals surface area (Å²) in [6, 6.07) is 8.21. The number of hydrogen-bond acceptors (Lipinski definition) is 3. The lowest BCUT2D eigenvalue weighted by Crippen LogP contribution is -2.39. The maximum absolute atomic E-state index is 13.9. The van der Waals surface area contributed by atoms with Crippen molar-refractivity contribution in [1.29, 1.82) is 0 Å². The van der Waals surface area contributed by atoms with Gasteiger partial charge in [-0.2, -0.15) is 11.8 Å². The molecule has 0 aliphatic carbocycles. The molecule has 1 aromatic heterocycles.